The van der Waals surface area contributed by atoms with E-state index >= 15 is 0 Å². The highest BCUT2D eigenvalue weighted by atomic mass is 31.2. The number of hydrogen-bond acceptors (Lipinski definition) is 11. The predicted octanol–water partition coefficient (Wildman–Crippen LogP) is 5.12. The number of azo groups is 1. The van der Waals surface area contributed by atoms with Crippen LogP contribution < -0.4 is 4.90 Å². The average Bonchev–Trinajstić information content (AvgIpc) is 3.33. The van der Waals surface area contributed by atoms with Gasteiger partial charge in [-0.05, 0) is 52.0 Å². The van der Waals surface area contributed by atoms with Crippen LogP contribution in [-0.2, 0) is 32.0 Å². The Hall–Kier alpha value is -1.45. The Labute approximate surface area is 206 Å². The van der Waals surface area contributed by atoms with Gasteiger partial charge in [-0.15, -0.1) is 0 Å². The van der Waals surface area contributed by atoms with Crippen LogP contribution in [0, 0.1) is 0 Å². The van der Waals surface area contributed by atoms with Crippen LogP contribution >= 0.6 is 15.2 Å². The fourth-order valence-electron chi connectivity index (χ4n) is 4.15. The topological polar surface area (TPSA) is 125 Å². The number of morpholine rings is 1. The molecule has 1 aromatic rings. The third-order valence-electron chi connectivity index (χ3n) is 5.73. The van der Waals surface area contributed by atoms with Crippen molar-refractivity contribution >= 4 is 26.7 Å². The molecule has 0 N–H and O–H groups in total. The highest BCUT2D eigenvalue weighted by Crippen LogP contribution is 2.81. The van der Waals surface area contributed by atoms with Crippen LogP contribution in [0.1, 0.15) is 44.5 Å². The van der Waals surface area contributed by atoms with E-state index in [0.29, 0.717) is 18.8 Å². The fraction of sp³-hybridized carbons (Fsp3) is 0.682. The predicted molar refractivity (Wildman–Crippen MR) is 132 cm³/mol. The van der Waals surface area contributed by atoms with Gasteiger partial charge in [-0.3, -0.25) is 13.9 Å². The monoisotopic (exact) mass is 531 g/mol. The van der Waals surface area contributed by atoms with Gasteiger partial charge in [0.05, 0.1) is 39.6 Å². The van der Waals surface area contributed by atoms with E-state index in [1.165, 1.54) is 0 Å². The summed E-state index contributed by atoms with van der Waals surface area (Å²) in [7, 11) is -8.44. The van der Waals surface area contributed by atoms with Crippen molar-refractivity contribution in [3.8, 4) is 0 Å². The number of ether oxygens (including phenoxy) is 1. The van der Waals surface area contributed by atoms with Crippen LogP contribution in [0.25, 0.3) is 0 Å². The molecule has 1 saturated heterocycles. The van der Waals surface area contributed by atoms with E-state index in [4.69, 9.17) is 22.8 Å². The SMILES string of the molecule is CCOP(=O)(OCC)C1(P(=O)(OCC)OCC)CC(C(=O)c2ccc(N3CCOCC3)cc2)N=N1. The molecule has 3 rings (SSSR count). The second-order valence-electron chi connectivity index (χ2n) is 7.89. The van der Waals surface area contributed by atoms with Crippen molar-refractivity contribution in [2.45, 2.75) is 45.2 Å². The van der Waals surface area contributed by atoms with E-state index in [2.05, 4.69) is 15.1 Å². The van der Waals surface area contributed by atoms with Crippen molar-refractivity contribution in [3.05, 3.63) is 29.8 Å². The number of rotatable bonds is 13. The Bertz CT molecular complexity index is 931. The fourth-order valence-corrected chi connectivity index (χ4v) is 9.49. The van der Waals surface area contributed by atoms with E-state index in [1.807, 2.05) is 12.1 Å². The van der Waals surface area contributed by atoms with Gasteiger partial charge in [0, 0.05) is 30.8 Å². The lowest BCUT2D eigenvalue weighted by molar-refractivity contribution is 0.0960. The van der Waals surface area contributed by atoms with Crippen molar-refractivity contribution in [2.75, 3.05) is 57.6 Å². The molecule has 13 heteroatoms. The summed E-state index contributed by atoms with van der Waals surface area (Å²) >= 11 is 0. The number of carbonyl (C=O) groups is 1. The first-order valence-electron chi connectivity index (χ1n) is 12.0. The van der Waals surface area contributed by atoms with Gasteiger partial charge in [-0.1, -0.05) is 0 Å². The number of anilines is 1. The molecule has 0 bridgehead atoms. The molecular weight excluding hydrogens is 496 g/mol. The van der Waals surface area contributed by atoms with Gasteiger partial charge >= 0.3 is 15.2 Å². The van der Waals surface area contributed by atoms with E-state index in [1.54, 1.807) is 39.8 Å². The lowest BCUT2D eigenvalue weighted by atomic mass is 10.0. The number of hydrogen-bond donors (Lipinski definition) is 0. The summed E-state index contributed by atoms with van der Waals surface area (Å²) in [5, 5.41) is 6.21. The molecule has 1 aromatic carbocycles. The summed E-state index contributed by atoms with van der Waals surface area (Å²) in [4.78, 5) is 15.6. The summed E-state index contributed by atoms with van der Waals surface area (Å²) in [5.41, 5.74) is 1.40. The molecule has 11 nitrogen and oxygen atoms in total. The number of Topliss-reactive ketones (excluding diaryl/α,β-unsaturated/α-hetero) is 1. The Kier molecular flexibility index (Phi) is 9.80. The summed E-state index contributed by atoms with van der Waals surface area (Å²) in [6, 6.07) is 6.13. The molecule has 2 aliphatic heterocycles. The average molecular weight is 531 g/mol. The molecule has 1 fully saturated rings. The summed E-state index contributed by atoms with van der Waals surface area (Å²) < 4.78 is 55.5. The second kappa shape index (κ2) is 12.2. The second-order valence-corrected chi connectivity index (χ2v) is 12.7. The van der Waals surface area contributed by atoms with Gasteiger partial charge in [0.15, 0.2) is 5.78 Å². The quantitative estimate of drug-likeness (QED) is 0.252. The van der Waals surface area contributed by atoms with E-state index < -0.39 is 26.3 Å². The molecule has 2 aliphatic rings. The third-order valence-corrected chi connectivity index (χ3v) is 11.9. The Morgan fingerprint density at radius 3 is 1.89 bits per heavy atom. The Balaban J connectivity index is 1.92. The summed E-state index contributed by atoms with van der Waals surface area (Å²) in [5.74, 6) is -0.344. The van der Waals surface area contributed by atoms with Crippen LogP contribution in [-0.4, -0.2) is 69.6 Å². The lowest BCUT2D eigenvalue weighted by Crippen LogP contribution is -2.36. The van der Waals surface area contributed by atoms with Crippen molar-refractivity contribution in [2.24, 2.45) is 10.2 Å². The Morgan fingerprint density at radius 1 is 0.943 bits per heavy atom. The molecule has 0 radical (unpaired) electrons. The van der Waals surface area contributed by atoms with Gasteiger partial charge in [0.1, 0.15) is 6.04 Å². The van der Waals surface area contributed by atoms with Crippen LogP contribution in [0.3, 0.4) is 0 Å². The summed E-state index contributed by atoms with van der Waals surface area (Å²) in [6.07, 6.45) is -0.286. The van der Waals surface area contributed by atoms with Crippen molar-refractivity contribution in [1.82, 2.24) is 0 Å². The molecule has 0 aromatic heterocycles. The maximum atomic E-state index is 14.0. The maximum Gasteiger partial charge on any atom is 0.372 e. The molecule has 0 saturated carbocycles. The molecule has 196 valence electrons. The third kappa shape index (κ3) is 5.62. The maximum absolute atomic E-state index is 14.0. The largest absolute Gasteiger partial charge is 0.378 e. The van der Waals surface area contributed by atoms with E-state index in [-0.39, 0.29) is 38.6 Å². The zero-order valence-corrected chi connectivity index (χ0v) is 22.5. The molecule has 2 heterocycles. The normalized spacial score (nSPS) is 20.3. The molecule has 0 aliphatic carbocycles. The number of ketones is 1. The number of benzene rings is 1. The van der Waals surface area contributed by atoms with Crippen LogP contribution in [0.2, 0.25) is 0 Å². The van der Waals surface area contributed by atoms with Gasteiger partial charge in [0.2, 0.25) is 0 Å². The first-order valence-corrected chi connectivity index (χ1v) is 15.1. The minimum atomic E-state index is -4.22. The molecule has 0 spiro atoms. The molecule has 1 unspecified atom stereocenters. The van der Waals surface area contributed by atoms with Crippen LogP contribution in [0.4, 0.5) is 5.69 Å². The first kappa shape index (κ1) is 28.1. The minimum absolute atomic E-state index is 0.00835. The zero-order chi connectivity index (χ0) is 25.5. The molecule has 0 amide bonds. The van der Waals surface area contributed by atoms with Gasteiger partial charge in [-0.2, -0.15) is 10.2 Å². The molecular formula is C22H35N3O8P2. The summed E-state index contributed by atoms with van der Waals surface area (Å²) in [6.45, 7) is 9.45. The van der Waals surface area contributed by atoms with Crippen LogP contribution in [0.15, 0.2) is 34.5 Å². The lowest BCUT2D eigenvalue weighted by Gasteiger charge is -2.36. The highest BCUT2D eigenvalue weighted by molar-refractivity contribution is 7.74. The smallest absolute Gasteiger partial charge is 0.372 e. The Morgan fingerprint density at radius 2 is 1.43 bits per heavy atom. The first-order chi connectivity index (χ1) is 16.8. The highest BCUT2D eigenvalue weighted by Gasteiger charge is 2.69. The zero-order valence-electron chi connectivity index (χ0n) is 20.8. The number of carbonyl (C=O) groups excluding carboxylic acids is 1. The number of nitrogens with zero attached hydrogens (tertiary/aromatic N) is 3. The van der Waals surface area contributed by atoms with Gasteiger partial charge < -0.3 is 27.7 Å². The van der Waals surface area contributed by atoms with Crippen molar-refractivity contribution in [1.29, 1.82) is 0 Å². The molecule has 1 atom stereocenters. The van der Waals surface area contributed by atoms with Gasteiger partial charge in [-0.25, -0.2) is 0 Å². The standard InChI is InChI=1S/C22H35N3O8P2/c1-5-30-34(27,31-6-2)22(35(28,32-7-3)33-8-4)17-20(23-24-22)21(26)18-9-11-19(12-10-18)25-13-15-29-16-14-25/h9-12,20H,5-8,13-17H2,1-4H3. The van der Waals surface area contributed by atoms with Crippen molar-refractivity contribution < 1.29 is 36.8 Å². The van der Waals surface area contributed by atoms with Crippen LogP contribution in [0.5, 0.6) is 0 Å². The van der Waals surface area contributed by atoms with E-state index in [0.717, 1.165) is 18.8 Å². The molecule has 35 heavy (non-hydrogen) atoms. The van der Waals surface area contributed by atoms with Gasteiger partial charge in [0.25, 0.3) is 5.02 Å². The minimum Gasteiger partial charge on any atom is -0.378 e. The van der Waals surface area contributed by atoms with E-state index in [9.17, 15) is 13.9 Å². The van der Waals surface area contributed by atoms with Crippen molar-refractivity contribution in [3.63, 3.8) is 0 Å².